The number of carbonyl (C=O) groups is 1. The van der Waals surface area contributed by atoms with E-state index in [-0.39, 0.29) is 12.5 Å². The third-order valence-corrected chi connectivity index (χ3v) is 9.99. The summed E-state index contributed by atoms with van der Waals surface area (Å²) in [5.74, 6) is 0.272. The van der Waals surface area contributed by atoms with Gasteiger partial charge in [-0.2, -0.15) is 0 Å². The van der Waals surface area contributed by atoms with E-state index in [1.807, 2.05) is 6.20 Å². The maximum Gasteiger partial charge on any atom is 0.307 e. The Labute approximate surface area is 248 Å². The first kappa shape index (κ1) is 27.9. The van der Waals surface area contributed by atoms with E-state index in [1.165, 1.54) is 28.1 Å². The van der Waals surface area contributed by atoms with Crippen LogP contribution in [0.1, 0.15) is 47.7 Å². The smallest absolute Gasteiger partial charge is 0.307 e. The average molecular weight is 572 g/mol. The summed E-state index contributed by atoms with van der Waals surface area (Å²) >= 11 is 1.73. The second-order valence-electron chi connectivity index (χ2n) is 11.9. The molecule has 0 amide bonds. The van der Waals surface area contributed by atoms with Crippen LogP contribution in [0.2, 0.25) is 0 Å². The molecule has 4 heterocycles. The van der Waals surface area contributed by atoms with E-state index < -0.39 is 5.97 Å². The van der Waals surface area contributed by atoms with E-state index in [4.69, 9.17) is 4.98 Å². The van der Waals surface area contributed by atoms with Crippen LogP contribution in [0.5, 0.6) is 0 Å². The number of piperazine rings is 1. The maximum absolute atomic E-state index is 12.2. The van der Waals surface area contributed by atoms with Crippen molar-refractivity contribution in [3.05, 3.63) is 70.4 Å². The summed E-state index contributed by atoms with van der Waals surface area (Å²) in [6.45, 7) is 14.7. The lowest BCUT2D eigenvalue weighted by Crippen LogP contribution is -2.49. The lowest BCUT2D eigenvalue weighted by Gasteiger charge is -2.40. The Balaban J connectivity index is 1.44. The first-order valence-electron chi connectivity index (χ1n) is 14.8. The van der Waals surface area contributed by atoms with Crippen molar-refractivity contribution in [1.82, 2.24) is 9.88 Å². The topological polar surface area (TPSA) is 63.2 Å². The number of hydrogen-bond donors (Lipinski definition) is 1. The van der Waals surface area contributed by atoms with Crippen molar-refractivity contribution in [2.75, 3.05) is 59.6 Å². The number of rotatable bonds is 7. The Morgan fingerprint density at radius 2 is 1.76 bits per heavy atom. The molecule has 216 valence electrons. The molecule has 0 radical (unpaired) electrons. The molecule has 1 fully saturated rings. The number of pyridine rings is 1. The van der Waals surface area contributed by atoms with E-state index >= 15 is 0 Å². The number of aliphatic carboxylic acids is 1. The normalized spacial score (nSPS) is 18.8. The van der Waals surface area contributed by atoms with Crippen LogP contribution in [0.3, 0.4) is 0 Å². The summed E-state index contributed by atoms with van der Waals surface area (Å²) in [6, 6.07) is 13.8. The average Bonchev–Trinajstić information content (AvgIpc) is 3.36. The standard InChI is InChI=1S/C33H41N5O2S/c1-21(2)35-12-14-36(15-13-35)29-18-25(10-11-34-29)28-19-27-31(24-8-6-22(3)7-9-24)26(20-30(39)40)23(4)32-33(27)37(28)16-17-38(32)41-5/h6-11,18,21,28H,12-17,19-20H2,1-5H3,(H,39,40). The molecule has 0 saturated carbocycles. The largest absolute Gasteiger partial charge is 0.481 e. The van der Waals surface area contributed by atoms with Gasteiger partial charge in [-0.1, -0.05) is 41.8 Å². The number of hydrogen-bond acceptors (Lipinski definition) is 7. The van der Waals surface area contributed by atoms with Crippen LogP contribution in [-0.2, 0) is 17.6 Å². The first-order valence-corrected chi connectivity index (χ1v) is 15.9. The molecule has 1 unspecified atom stereocenters. The molecule has 0 bridgehead atoms. The lowest BCUT2D eigenvalue weighted by molar-refractivity contribution is -0.136. The van der Waals surface area contributed by atoms with Crippen LogP contribution in [-0.4, -0.2) is 72.5 Å². The minimum absolute atomic E-state index is 0.0178. The number of benzene rings is 2. The summed E-state index contributed by atoms with van der Waals surface area (Å²) in [5.41, 5.74) is 10.5. The molecular formula is C33H41N5O2S. The van der Waals surface area contributed by atoms with Crippen LogP contribution >= 0.6 is 11.9 Å². The van der Waals surface area contributed by atoms with Gasteiger partial charge in [0.1, 0.15) is 5.82 Å². The van der Waals surface area contributed by atoms with E-state index in [0.717, 1.165) is 73.8 Å². The lowest BCUT2D eigenvalue weighted by atomic mass is 9.86. The van der Waals surface area contributed by atoms with Crippen molar-refractivity contribution < 1.29 is 9.90 Å². The summed E-state index contributed by atoms with van der Waals surface area (Å²) in [7, 11) is 0. The van der Waals surface area contributed by atoms with Gasteiger partial charge >= 0.3 is 5.97 Å². The Hall–Kier alpha value is -3.23. The predicted octanol–water partition coefficient (Wildman–Crippen LogP) is 5.72. The molecule has 7 nitrogen and oxygen atoms in total. The molecule has 0 aliphatic carbocycles. The van der Waals surface area contributed by atoms with E-state index in [1.54, 1.807) is 11.9 Å². The van der Waals surface area contributed by atoms with Crippen molar-refractivity contribution in [2.24, 2.45) is 0 Å². The fraction of sp³-hybridized carbons (Fsp3) is 0.455. The van der Waals surface area contributed by atoms with Gasteiger partial charge in [0.05, 0.1) is 23.8 Å². The molecule has 1 N–H and O–H groups in total. The van der Waals surface area contributed by atoms with Crippen molar-refractivity contribution in [3.8, 4) is 11.1 Å². The van der Waals surface area contributed by atoms with E-state index in [9.17, 15) is 9.90 Å². The minimum atomic E-state index is -0.789. The quantitative estimate of drug-likeness (QED) is 0.361. The molecule has 3 aliphatic heterocycles. The van der Waals surface area contributed by atoms with Crippen LogP contribution < -0.4 is 14.1 Å². The fourth-order valence-corrected chi connectivity index (χ4v) is 7.68. The van der Waals surface area contributed by atoms with Gasteiger partial charge in [0.25, 0.3) is 0 Å². The third kappa shape index (κ3) is 5.06. The van der Waals surface area contributed by atoms with Crippen molar-refractivity contribution >= 4 is 35.1 Å². The van der Waals surface area contributed by atoms with Gasteiger partial charge in [0, 0.05) is 57.8 Å². The van der Waals surface area contributed by atoms with Gasteiger partial charge in [-0.3, -0.25) is 9.69 Å². The molecule has 3 aliphatic rings. The third-order valence-electron chi connectivity index (χ3n) is 9.19. The number of aromatic nitrogens is 1. The second-order valence-corrected chi connectivity index (χ2v) is 12.7. The monoisotopic (exact) mass is 571 g/mol. The summed E-state index contributed by atoms with van der Waals surface area (Å²) < 4.78 is 2.36. The van der Waals surface area contributed by atoms with Crippen molar-refractivity contribution in [3.63, 3.8) is 0 Å². The predicted molar refractivity (Wildman–Crippen MR) is 171 cm³/mol. The zero-order valence-corrected chi connectivity index (χ0v) is 25.7. The van der Waals surface area contributed by atoms with Gasteiger partial charge in [-0.15, -0.1) is 0 Å². The Kier molecular flexibility index (Phi) is 7.64. The van der Waals surface area contributed by atoms with Gasteiger partial charge in [0.15, 0.2) is 0 Å². The Morgan fingerprint density at radius 3 is 2.41 bits per heavy atom. The molecule has 6 rings (SSSR count). The molecule has 1 atom stereocenters. The molecular weight excluding hydrogens is 530 g/mol. The van der Waals surface area contributed by atoms with Gasteiger partial charge in [0.2, 0.25) is 0 Å². The van der Waals surface area contributed by atoms with Gasteiger partial charge < -0.3 is 19.2 Å². The zero-order valence-electron chi connectivity index (χ0n) is 24.9. The highest BCUT2D eigenvalue weighted by Crippen LogP contribution is 2.55. The molecule has 1 aromatic heterocycles. The fourth-order valence-electron chi connectivity index (χ4n) is 7.01. The van der Waals surface area contributed by atoms with Crippen LogP contribution in [0, 0.1) is 13.8 Å². The zero-order chi connectivity index (χ0) is 28.8. The molecule has 41 heavy (non-hydrogen) atoms. The van der Waals surface area contributed by atoms with Crippen molar-refractivity contribution in [2.45, 2.75) is 52.6 Å². The SMILES string of the molecule is CSN1CCN2c3c(c(-c4ccc(C)cc4)c(CC(=O)O)c(C)c31)CC2c1ccnc(N2CCN(C(C)C)CC2)c1. The van der Waals surface area contributed by atoms with Crippen LogP contribution in [0.15, 0.2) is 42.6 Å². The molecule has 8 heteroatoms. The maximum atomic E-state index is 12.2. The Bertz CT molecular complexity index is 1450. The molecule has 3 aromatic rings. The second kappa shape index (κ2) is 11.2. The highest BCUT2D eigenvalue weighted by atomic mass is 32.2. The Morgan fingerprint density at radius 1 is 1.02 bits per heavy atom. The van der Waals surface area contributed by atoms with Crippen LogP contribution in [0.4, 0.5) is 17.2 Å². The molecule has 2 aromatic carbocycles. The molecule has 0 spiro atoms. The summed E-state index contributed by atoms with van der Waals surface area (Å²) in [5, 5.41) is 10.00. The van der Waals surface area contributed by atoms with Gasteiger partial charge in [-0.05, 0) is 79.6 Å². The summed E-state index contributed by atoms with van der Waals surface area (Å²) in [4.78, 5) is 24.5. The number of nitrogens with zero attached hydrogens (tertiary/aromatic N) is 5. The first-order chi connectivity index (χ1) is 19.8. The number of carboxylic acid groups (broad SMARTS) is 1. The minimum Gasteiger partial charge on any atom is -0.481 e. The van der Waals surface area contributed by atoms with Crippen molar-refractivity contribution in [1.29, 1.82) is 0 Å². The molecule has 1 saturated heterocycles. The summed E-state index contributed by atoms with van der Waals surface area (Å²) in [6.07, 6.45) is 4.96. The van der Waals surface area contributed by atoms with E-state index in [2.05, 4.69) is 89.4 Å². The number of anilines is 3. The van der Waals surface area contributed by atoms with E-state index in [0.29, 0.717) is 6.04 Å². The van der Waals surface area contributed by atoms with Gasteiger partial charge in [-0.25, -0.2) is 4.98 Å². The number of carboxylic acids is 1. The highest BCUT2D eigenvalue weighted by molar-refractivity contribution is 8.00. The number of aryl methyl sites for hydroxylation is 1. The highest BCUT2D eigenvalue weighted by Gasteiger charge is 2.41. The van der Waals surface area contributed by atoms with Crippen LogP contribution in [0.25, 0.3) is 11.1 Å².